The van der Waals surface area contributed by atoms with Crippen LogP contribution in [-0.4, -0.2) is 5.78 Å². The Morgan fingerprint density at radius 1 is 0.895 bits per heavy atom. The van der Waals surface area contributed by atoms with E-state index in [1.165, 1.54) is 57.8 Å². The second-order valence-corrected chi connectivity index (χ2v) is 8.14. The number of fused-ring (bicyclic) bond motifs is 5. The molecule has 3 unspecified atom stereocenters. The number of hydrogen-bond donors (Lipinski definition) is 0. The van der Waals surface area contributed by atoms with Crippen LogP contribution in [0.5, 0.6) is 0 Å². The standard InChI is InChI=1S/C18H28O/c1-18-11-10-14-13-5-3-2-4-12(13)6-7-15(14)16(18)8-9-17(18)19/h12-16H,2-11H2,1H3/t12?,13-,14+,15+,16?,18?/m0/s1. The molecule has 1 nitrogen and oxygen atoms in total. The van der Waals surface area contributed by atoms with Gasteiger partial charge in [-0.3, -0.25) is 4.79 Å². The predicted octanol–water partition coefficient (Wildman–Crippen LogP) is 4.60. The fourth-order valence-electron chi connectivity index (χ4n) is 6.60. The van der Waals surface area contributed by atoms with E-state index >= 15 is 0 Å². The molecule has 4 rings (SSSR count). The molecule has 1 heteroatoms. The molecule has 6 atom stereocenters. The van der Waals surface area contributed by atoms with Crippen LogP contribution in [0.1, 0.15) is 71.1 Å². The highest BCUT2D eigenvalue weighted by atomic mass is 16.1. The van der Waals surface area contributed by atoms with E-state index in [1.54, 1.807) is 0 Å². The van der Waals surface area contributed by atoms with E-state index in [2.05, 4.69) is 6.92 Å². The SMILES string of the molecule is CC12CC[C@@H]3[C@H]4CCCCC4CC[C@H]3C1CCC2=O. The average molecular weight is 260 g/mol. The van der Waals surface area contributed by atoms with Crippen molar-refractivity contribution in [1.29, 1.82) is 0 Å². The maximum absolute atomic E-state index is 12.3. The van der Waals surface area contributed by atoms with Crippen LogP contribution in [0.3, 0.4) is 0 Å². The third-order valence-corrected chi connectivity index (χ3v) is 7.59. The molecule has 4 aliphatic carbocycles. The molecule has 4 fully saturated rings. The van der Waals surface area contributed by atoms with Crippen LogP contribution in [0.2, 0.25) is 0 Å². The molecule has 0 aromatic heterocycles. The number of carbonyl (C=O) groups excluding carboxylic acids is 1. The van der Waals surface area contributed by atoms with E-state index in [0.717, 1.165) is 36.0 Å². The zero-order chi connectivity index (χ0) is 13.0. The van der Waals surface area contributed by atoms with Gasteiger partial charge in [0.25, 0.3) is 0 Å². The van der Waals surface area contributed by atoms with Gasteiger partial charge in [0.2, 0.25) is 0 Å². The molecule has 0 aromatic carbocycles. The lowest BCUT2D eigenvalue weighted by atomic mass is 9.51. The second-order valence-electron chi connectivity index (χ2n) is 8.14. The van der Waals surface area contributed by atoms with E-state index in [4.69, 9.17) is 0 Å². The Labute approximate surface area is 117 Å². The molecule has 0 spiro atoms. The molecule has 0 radical (unpaired) electrons. The minimum Gasteiger partial charge on any atom is -0.299 e. The van der Waals surface area contributed by atoms with Crippen LogP contribution in [0.25, 0.3) is 0 Å². The van der Waals surface area contributed by atoms with Crippen LogP contribution in [0.4, 0.5) is 0 Å². The lowest BCUT2D eigenvalue weighted by molar-refractivity contribution is -0.132. The molecule has 106 valence electrons. The molecular weight excluding hydrogens is 232 g/mol. The third-order valence-electron chi connectivity index (χ3n) is 7.59. The highest BCUT2D eigenvalue weighted by Crippen LogP contribution is 2.61. The Balaban J connectivity index is 1.61. The van der Waals surface area contributed by atoms with Gasteiger partial charge in [-0.2, -0.15) is 0 Å². The Hall–Kier alpha value is -0.330. The summed E-state index contributed by atoms with van der Waals surface area (Å²) in [4.78, 5) is 12.3. The summed E-state index contributed by atoms with van der Waals surface area (Å²) >= 11 is 0. The second kappa shape index (κ2) is 4.33. The van der Waals surface area contributed by atoms with Crippen LogP contribution in [0, 0.1) is 35.0 Å². The van der Waals surface area contributed by atoms with Gasteiger partial charge in [-0.25, -0.2) is 0 Å². The summed E-state index contributed by atoms with van der Waals surface area (Å²) in [5, 5.41) is 0. The van der Waals surface area contributed by atoms with Gasteiger partial charge in [0.05, 0.1) is 0 Å². The van der Waals surface area contributed by atoms with Crippen LogP contribution in [-0.2, 0) is 4.79 Å². The van der Waals surface area contributed by atoms with Crippen molar-refractivity contribution in [3.05, 3.63) is 0 Å². The summed E-state index contributed by atoms with van der Waals surface area (Å²) in [5.41, 5.74) is 0.0860. The maximum Gasteiger partial charge on any atom is 0.139 e. The van der Waals surface area contributed by atoms with Gasteiger partial charge in [0.1, 0.15) is 5.78 Å². The summed E-state index contributed by atoms with van der Waals surface area (Å²) in [7, 11) is 0. The van der Waals surface area contributed by atoms with Gasteiger partial charge in [0.15, 0.2) is 0 Å². The van der Waals surface area contributed by atoms with Gasteiger partial charge < -0.3 is 0 Å². The minimum absolute atomic E-state index is 0.0860. The Kier molecular flexibility index (Phi) is 2.83. The first-order valence-electron chi connectivity index (χ1n) is 8.73. The number of Topliss-reactive ketones (excluding diaryl/α,β-unsaturated/α-hetero) is 1. The largest absolute Gasteiger partial charge is 0.299 e. The quantitative estimate of drug-likeness (QED) is 0.622. The van der Waals surface area contributed by atoms with Crippen LogP contribution >= 0.6 is 0 Å². The molecule has 0 amide bonds. The summed E-state index contributed by atoms with van der Waals surface area (Å²) < 4.78 is 0. The first kappa shape index (κ1) is 12.4. The lowest BCUT2D eigenvalue weighted by Crippen LogP contribution is -2.48. The summed E-state index contributed by atoms with van der Waals surface area (Å²) in [5.74, 6) is 5.33. The van der Waals surface area contributed by atoms with Crippen LogP contribution < -0.4 is 0 Å². The van der Waals surface area contributed by atoms with E-state index < -0.39 is 0 Å². The van der Waals surface area contributed by atoms with Crippen molar-refractivity contribution in [1.82, 2.24) is 0 Å². The molecule has 4 saturated carbocycles. The number of carbonyl (C=O) groups is 1. The molecule has 19 heavy (non-hydrogen) atoms. The number of rotatable bonds is 0. The average Bonchev–Trinajstić information content (AvgIpc) is 2.75. The number of hydrogen-bond acceptors (Lipinski definition) is 1. The minimum atomic E-state index is 0.0860. The monoisotopic (exact) mass is 260 g/mol. The van der Waals surface area contributed by atoms with E-state index in [1.807, 2.05) is 0 Å². The predicted molar refractivity (Wildman–Crippen MR) is 76.7 cm³/mol. The fraction of sp³-hybridized carbons (Fsp3) is 0.944. The molecule has 0 saturated heterocycles. The molecule has 0 aliphatic heterocycles. The van der Waals surface area contributed by atoms with Gasteiger partial charge in [-0.15, -0.1) is 0 Å². The highest BCUT2D eigenvalue weighted by Gasteiger charge is 2.56. The van der Waals surface area contributed by atoms with Crippen LogP contribution in [0.15, 0.2) is 0 Å². The Morgan fingerprint density at radius 2 is 1.74 bits per heavy atom. The number of ketones is 1. The van der Waals surface area contributed by atoms with Crippen molar-refractivity contribution in [3.8, 4) is 0 Å². The van der Waals surface area contributed by atoms with E-state index in [0.29, 0.717) is 5.78 Å². The van der Waals surface area contributed by atoms with Gasteiger partial charge in [0, 0.05) is 11.8 Å². The summed E-state index contributed by atoms with van der Waals surface area (Å²) in [6, 6.07) is 0. The Morgan fingerprint density at radius 3 is 2.63 bits per heavy atom. The van der Waals surface area contributed by atoms with E-state index in [-0.39, 0.29) is 5.41 Å². The van der Waals surface area contributed by atoms with Crippen molar-refractivity contribution >= 4 is 5.78 Å². The molecule has 0 N–H and O–H groups in total. The summed E-state index contributed by atoms with van der Waals surface area (Å²) in [6.45, 7) is 2.30. The first-order valence-corrected chi connectivity index (χ1v) is 8.73. The van der Waals surface area contributed by atoms with Gasteiger partial charge in [-0.05, 0) is 68.1 Å². The third kappa shape index (κ3) is 1.69. The smallest absolute Gasteiger partial charge is 0.139 e. The lowest BCUT2D eigenvalue weighted by Gasteiger charge is -2.54. The van der Waals surface area contributed by atoms with Gasteiger partial charge in [-0.1, -0.05) is 26.2 Å². The summed E-state index contributed by atoms with van der Waals surface area (Å²) in [6.07, 6.45) is 13.6. The molecule has 4 aliphatic rings. The normalized spacial score (nSPS) is 53.3. The topological polar surface area (TPSA) is 17.1 Å². The molecular formula is C18H28O. The van der Waals surface area contributed by atoms with Crippen molar-refractivity contribution in [2.24, 2.45) is 35.0 Å². The molecule has 0 aromatic rings. The van der Waals surface area contributed by atoms with Crippen molar-refractivity contribution in [2.45, 2.75) is 71.1 Å². The first-order chi connectivity index (χ1) is 9.20. The molecule has 0 heterocycles. The molecule has 0 bridgehead atoms. The zero-order valence-electron chi connectivity index (χ0n) is 12.4. The highest BCUT2D eigenvalue weighted by molar-refractivity contribution is 5.87. The maximum atomic E-state index is 12.3. The zero-order valence-corrected chi connectivity index (χ0v) is 12.4. The van der Waals surface area contributed by atoms with Gasteiger partial charge >= 0.3 is 0 Å². The Bertz CT molecular complexity index is 387. The van der Waals surface area contributed by atoms with Crippen molar-refractivity contribution < 1.29 is 4.79 Å². The van der Waals surface area contributed by atoms with E-state index in [9.17, 15) is 4.79 Å². The fourth-order valence-corrected chi connectivity index (χ4v) is 6.60. The van der Waals surface area contributed by atoms with Crippen molar-refractivity contribution in [2.75, 3.05) is 0 Å². The van der Waals surface area contributed by atoms with Crippen molar-refractivity contribution in [3.63, 3.8) is 0 Å².